The number of carboxylic acid groups (broad SMARTS) is 1. The van der Waals surface area contributed by atoms with Crippen LogP contribution < -0.4 is 0 Å². The minimum Gasteiger partial charge on any atom is -0.478 e. The molecule has 0 atom stereocenters. The molecule has 0 aliphatic heterocycles. The molecule has 20 heavy (non-hydrogen) atoms. The number of methoxy groups -OCH3 is 1. The van der Waals surface area contributed by atoms with Crippen LogP contribution in [-0.2, 0) is 19.1 Å². The van der Waals surface area contributed by atoms with Crippen molar-refractivity contribution in [1.82, 2.24) is 0 Å². The van der Waals surface area contributed by atoms with E-state index < -0.39 is 17.9 Å². The Bertz CT molecular complexity index is 518. The molecule has 1 rings (SSSR count). The molecule has 1 N–H and O–H groups in total. The number of hydrogen-bond donors (Lipinski definition) is 1. The Morgan fingerprint density at radius 3 is 2.40 bits per heavy atom. The maximum absolute atomic E-state index is 11.6. The van der Waals surface area contributed by atoms with Crippen molar-refractivity contribution < 1.29 is 29.0 Å². The summed E-state index contributed by atoms with van der Waals surface area (Å²) in [7, 11) is 1.15. The number of rotatable bonds is 6. The molecule has 0 aliphatic carbocycles. The molecule has 0 aliphatic rings. The van der Waals surface area contributed by atoms with Gasteiger partial charge in [0, 0.05) is 18.1 Å². The van der Waals surface area contributed by atoms with Gasteiger partial charge in [-0.3, -0.25) is 0 Å². The first-order valence-corrected chi connectivity index (χ1v) is 5.78. The summed E-state index contributed by atoms with van der Waals surface area (Å²) >= 11 is 0. The van der Waals surface area contributed by atoms with Gasteiger partial charge in [-0.1, -0.05) is 18.2 Å². The molecule has 1 aromatic carbocycles. The van der Waals surface area contributed by atoms with Crippen molar-refractivity contribution in [2.24, 2.45) is 0 Å². The van der Waals surface area contributed by atoms with Crippen LogP contribution in [0, 0.1) is 0 Å². The van der Waals surface area contributed by atoms with E-state index in [2.05, 4.69) is 4.74 Å². The first kappa shape index (κ1) is 15.4. The highest BCUT2D eigenvalue weighted by Crippen LogP contribution is 2.07. The molecule has 0 spiro atoms. The van der Waals surface area contributed by atoms with E-state index in [9.17, 15) is 14.4 Å². The van der Waals surface area contributed by atoms with E-state index in [4.69, 9.17) is 9.84 Å². The van der Waals surface area contributed by atoms with E-state index in [0.717, 1.165) is 13.2 Å². The third-order valence-electron chi connectivity index (χ3n) is 2.36. The minimum absolute atomic E-state index is 0.0302. The number of aliphatic carboxylic acids is 1. The molecule has 0 aromatic heterocycles. The van der Waals surface area contributed by atoms with Gasteiger partial charge in [-0.15, -0.1) is 0 Å². The van der Waals surface area contributed by atoms with Crippen molar-refractivity contribution in [3.8, 4) is 0 Å². The van der Waals surface area contributed by atoms with Gasteiger partial charge in [0.25, 0.3) is 0 Å². The summed E-state index contributed by atoms with van der Waals surface area (Å²) in [5, 5.41) is 8.62. The molecule has 0 saturated heterocycles. The van der Waals surface area contributed by atoms with E-state index in [0.29, 0.717) is 5.56 Å². The third kappa shape index (κ3) is 4.93. The van der Waals surface area contributed by atoms with Crippen LogP contribution in [0.2, 0.25) is 0 Å². The van der Waals surface area contributed by atoms with Crippen molar-refractivity contribution in [3.63, 3.8) is 0 Å². The summed E-state index contributed by atoms with van der Waals surface area (Å²) in [6, 6.07) is 8.34. The number of carbonyl (C=O) groups is 3. The maximum atomic E-state index is 11.6. The Labute approximate surface area is 115 Å². The van der Waals surface area contributed by atoms with Gasteiger partial charge in [0.2, 0.25) is 0 Å². The fraction of sp³-hybridized carbons (Fsp3) is 0.214. The van der Waals surface area contributed by atoms with E-state index in [1.54, 1.807) is 30.3 Å². The summed E-state index contributed by atoms with van der Waals surface area (Å²) in [5.41, 5.74) is 0.315. The highest BCUT2D eigenvalue weighted by atomic mass is 16.5. The zero-order valence-electron chi connectivity index (χ0n) is 10.9. The van der Waals surface area contributed by atoms with Crippen LogP contribution in [-0.4, -0.2) is 36.7 Å². The third-order valence-corrected chi connectivity index (χ3v) is 2.36. The zero-order chi connectivity index (χ0) is 15.0. The number of carbonyl (C=O) groups excluding carboxylic acids is 2. The summed E-state index contributed by atoms with van der Waals surface area (Å²) in [6.07, 6.45) is 0.708. The second kappa shape index (κ2) is 7.73. The summed E-state index contributed by atoms with van der Waals surface area (Å²) in [4.78, 5) is 33.5. The van der Waals surface area contributed by atoms with Crippen molar-refractivity contribution in [2.75, 3.05) is 13.7 Å². The van der Waals surface area contributed by atoms with Gasteiger partial charge in [0.1, 0.15) is 0 Å². The maximum Gasteiger partial charge on any atom is 0.338 e. The Morgan fingerprint density at radius 2 is 1.85 bits per heavy atom. The second-order valence-electron chi connectivity index (χ2n) is 3.75. The number of hydrogen-bond acceptors (Lipinski definition) is 5. The van der Waals surface area contributed by atoms with Crippen LogP contribution in [0.4, 0.5) is 0 Å². The van der Waals surface area contributed by atoms with Crippen molar-refractivity contribution in [2.45, 2.75) is 6.42 Å². The van der Waals surface area contributed by atoms with Crippen LogP contribution in [0.5, 0.6) is 0 Å². The SMILES string of the molecule is COC(=O)/C(=C/C(=O)O)CCOC(=O)c1ccccc1. The average Bonchev–Trinajstić information content (AvgIpc) is 2.45. The van der Waals surface area contributed by atoms with Crippen LogP contribution in [0.3, 0.4) is 0 Å². The van der Waals surface area contributed by atoms with Crippen molar-refractivity contribution >= 4 is 17.9 Å². The molecule has 1 aromatic rings. The molecule has 0 saturated carbocycles. The summed E-state index contributed by atoms with van der Waals surface area (Å²) in [6.45, 7) is -0.109. The molecule has 6 heteroatoms. The number of carboxylic acids is 1. The lowest BCUT2D eigenvalue weighted by Gasteiger charge is -2.06. The number of esters is 2. The van der Waals surface area contributed by atoms with Gasteiger partial charge < -0.3 is 14.6 Å². The van der Waals surface area contributed by atoms with Crippen LogP contribution in [0.25, 0.3) is 0 Å². The molecular weight excluding hydrogens is 264 g/mol. The Morgan fingerprint density at radius 1 is 1.20 bits per heavy atom. The highest BCUT2D eigenvalue weighted by Gasteiger charge is 2.13. The standard InChI is InChI=1S/C14H14O6/c1-19-13(17)11(9-12(15)16)7-8-20-14(18)10-5-3-2-4-6-10/h2-6,9H,7-8H2,1H3,(H,15,16)/b11-9+. The Balaban J connectivity index is 2.55. The van der Waals surface area contributed by atoms with E-state index in [1.807, 2.05) is 0 Å². The molecule has 0 fully saturated rings. The number of ether oxygens (including phenoxy) is 2. The lowest BCUT2D eigenvalue weighted by Crippen LogP contribution is -2.12. The summed E-state index contributed by atoms with van der Waals surface area (Å²) in [5.74, 6) is -2.56. The van der Waals surface area contributed by atoms with Gasteiger partial charge in [-0.2, -0.15) is 0 Å². The molecule has 6 nitrogen and oxygen atoms in total. The fourth-order valence-electron chi connectivity index (χ4n) is 1.42. The first-order valence-electron chi connectivity index (χ1n) is 5.78. The lowest BCUT2D eigenvalue weighted by molar-refractivity contribution is -0.137. The molecule has 0 amide bonds. The monoisotopic (exact) mass is 278 g/mol. The minimum atomic E-state index is -1.26. The Hall–Kier alpha value is -2.63. The first-order chi connectivity index (χ1) is 9.54. The molecule has 106 valence electrons. The average molecular weight is 278 g/mol. The van der Waals surface area contributed by atoms with Crippen molar-refractivity contribution in [3.05, 3.63) is 47.5 Å². The van der Waals surface area contributed by atoms with E-state index in [-0.39, 0.29) is 18.6 Å². The molecule has 0 heterocycles. The van der Waals surface area contributed by atoms with Crippen molar-refractivity contribution in [1.29, 1.82) is 0 Å². The lowest BCUT2D eigenvalue weighted by atomic mass is 10.2. The van der Waals surface area contributed by atoms with E-state index >= 15 is 0 Å². The topological polar surface area (TPSA) is 89.9 Å². The second-order valence-corrected chi connectivity index (χ2v) is 3.75. The zero-order valence-corrected chi connectivity index (χ0v) is 10.9. The normalized spacial score (nSPS) is 10.8. The van der Waals surface area contributed by atoms with Gasteiger partial charge >= 0.3 is 17.9 Å². The highest BCUT2D eigenvalue weighted by molar-refractivity contribution is 5.95. The predicted octanol–water partition coefficient (Wildman–Crippen LogP) is 1.42. The van der Waals surface area contributed by atoms with Gasteiger partial charge in [0.05, 0.1) is 19.3 Å². The smallest absolute Gasteiger partial charge is 0.338 e. The molecule has 0 bridgehead atoms. The van der Waals surface area contributed by atoms with Crippen LogP contribution >= 0.6 is 0 Å². The van der Waals surface area contributed by atoms with Crippen LogP contribution in [0.1, 0.15) is 16.8 Å². The molecular formula is C14H14O6. The van der Waals surface area contributed by atoms with Gasteiger partial charge in [-0.25, -0.2) is 14.4 Å². The van der Waals surface area contributed by atoms with Gasteiger partial charge in [-0.05, 0) is 12.1 Å². The largest absolute Gasteiger partial charge is 0.478 e. The van der Waals surface area contributed by atoms with Crippen LogP contribution in [0.15, 0.2) is 42.0 Å². The Kier molecular flexibility index (Phi) is 5.96. The number of benzene rings is 1. The predicted molar refractivity (Wildman–Crippen MR) is 69.1 cm³/mol. The summed E-state index contributed by atoms with van der Waals surface area (Å²) < 4.78 is 9.40. The fourth-order valence-corrected chi connectivity index (χ4v) is 1.42. The quantitative estimate of drug-likeness (QED) is 0.625. The molecule has 0 unspecified atom stereocenters. The molecule has 0 radical (unpaired) electrons. The van der Waals surface area contributed by atoms with Gasteiger partial charge in [0.15, 0.2) is 0 Å². The van der Waals surface area contributed by atoms with E-state index in [1.165, 1.54) is 0 Å².